The molecule has 2 aromatic rings. The monoisotopic (exact) mass is 411 g/mol. The van der Waals surface area contributed by atoms with Gasteiger partial charge >= 0.3 is 5.97 Å². The van der Waals surface area contributed by atoms with Crippen molar-refractivity contribution in [3.63, 3.8) is 0 Å². The Morgan fingerprint density at radius 3 is 2.69 bits per heavy atom. The van der Waals surface area contributed by atoms with Crippen molar-refractivity contribution >= 4 is 51.6 Å². The number of halogens is 1. The van der Waals surface area contributed by atoms with Gasteiger partial charge in [-0.1, -0.05) is 37.6 Å². The summed E-state index contributed by atoms with van der Waals surface area (Å²) in [6.45, 7) is 6.24. The number of carbonyl (C=O) groups is 2. The summed E-state index contributed by atoms with van der Waals surface area (Å²) in [5, 5.41) is 5.93. The molecule has 26 heavy (non-hydrogen) atoms. The highest BCUT2D eigenvalue weighted by Gasteiger charge is 2.22. The van der Waals surface area contributed by atoms with Crippen LogP contribution in [0.15, 0.2) is 34.5 Å². The number of benzene rings is 1. The highest BCUT2D eigenvalue weighted by atomic mass is 35.5. The Morgan fingerprint density at radius 1 is 1.31 bits per heavy atom. The zero-order valence-electron chi connectivity index (χ0n) is 15.0. The molecular weight excluding hydrogens is 390 g/mol. The van der Waals surface area contributed by atoms with Crippen LogP contribution in [0.25, 0.3) is 0 Å². The highest BCUT2D eigenvalue weighted by Crippen LogP contribution is 2.32. The normalized spacial score (nSPS) is 10.8. The second-order valence-electron chi connectivity index (χ2n) is 6.05. The third-order valence-corrected chi connectivity index (χ3v) is 5.88. The minimum Gasteiger partial charge on any atom is -0.462 e. The molecule has 4 nitrogen and oxygen atoms in total. The van der Waals surface area contributed by atoms with Crippen LogP contribution in [-0.2, 0) is 16.0 Å². The first-order valence-corrected chi connectivity index (χ1v) is 10.6. The van der Waals surface area contributed by atoms with Crippen molar-refractivity contribution in [2.45, 2.75) is 32.1 Å². The Balaban J connectivity index is 2.09. The van der Waals surface area contributed by atoms with Gasteiger partial charge in [-0.2, -0.15) is 0 Å². The van der Waals surface area contributed by atoms with E-state index >= 15 is 0 Å². The number of carbonyl (C=O) groups excluding carboxylic acids is 2. The van der Waals surface area contributed by atoms with Crippen LogP contribution in [0.2, 0.25) is 5.02 Å². The molecule has 0 aliphatic heterocycles. The molecule has 1 N–H and O–H groups in total. The van der Waals surface area contributed by atoms with E-state index in [1.807, 2.05) is 23.6 Å². The molecule has 0 saturated carbocycles. The molecule has 0 aliphatic carbocycles. The van der Waals surface area contributed by atoms with Crippen LogP contribution < -0.4 is 5.32 Å². The summed E-state index contributed by atoms with van der Waals surface area (Å²) in [6.07, 6.45) is 0.759. The largest absolute Gasteiger partial charge is 0.462 e. The first-order chi connectivity index (χ1) is 12.4. The maximum Gasteiger partial charge on any atom is 0.341 e. The fourth-order valence-corrected chi connectivity index (χ4v) is 4.39. The van der Waals surface area contributed by atoms with Crippen molar-refractivity contribution in [2.75, 3.05) is 17.7 Å². The molecule has 0 bridgehead atoms. The molecule has 1 aromatic carbocycles. The lowest BCUT2D eigenvalue weighted by Crippen LogP contribution is -2.17. The van der Waals surface area contributed by atoms with Gasteiger partial charge in [-0.25, -0.2) is 4.79 Å². The molecule has 140 valence electrons. The van der Waals surface area contributed by atoms with Gasteiger partial charge in [0.2, 0.25) is 5.91 Å². The molecule has 0 atom stereocenters. The Kier molecular flexibility index (Phi) is 8.00. The smallest absolute Gasteiger partial charge is 0.341 e. The molecular formula is C19H22ClNO3S2. The summed E-state index contributed by atoms with van der Waals surface area (Å²) in [5.74, 6) is 0.0395. The van der Waals surface area contributed by atoms with E-state index in [1.165, 1.54) is 23.1 Å². The Hall–Kier alpha value is -1.50. The van der Waals surface area contributed by atoms with Crippen molar-refractivity contribution in [3.05, 3.63) is 45.8 Å². The van der Waals surface area contributed by atoms with Crippen LogP contribution >= 0.6 is 34.7 Å². The number of ether oxygens (including phenoxy) is 1. The number of rotatable bonds is 8. The number of nitrogens with one attached hydrogen (secondary N) is 1. The predicted molar refractivity (Wildman–Crippen MR) is 110 cm³/mol. The van der Waals surface area contributed by atoms with Crippen molar-refractivity contribution in [2.24, 2.45) is 5.92 Å². The quantitative estimate of drug-likeness (QED) is 0.459. The number of anilines is 1. The fraction of sp³-hybridized carbons (Fsp3) is 0.368. The topological polar surface area (TPSA) is 55.4 Å². The Bertz CT molecular complexity index is 774. The molecule has 0 saturated heterocycles. The number of amides is 1. The van der Waals surface area contributed by atoms with Crippen LogP contribution in [0.1, 0.15) is 36.7 Å². The summed E-state index contributed by atoms with van der Waals surface area (Å²) in [4.78, 5) is 25.5. The van der Waals surface area contributed by atoms with E-state index in [0.29, 0.717) is 28.1 Å². The maximum atomic E-state index is 12.3. The van der Waals surface area contributed by atoms with Gasteiger partial charge in [0, 0.05) is 4.90 Å². The van der Waals surface area contributed by atoms with Gasteiger partial charge in [0.15, 0.2) is 0 Å². The van der Waals surface area contributed by atoms with Crippen LogP contribution in [0.5, 0.6) is 0 Å². The molecule has 0 aliphatic rings. The Labute approximate surface area is 167 Å². The molecule has 7 heteroatoms. The van der Waals surface area contributed by atoms with Gasteiger partial charge in [-0.3, -0.25) is 4.79 Å². The van der Waals surface area contributed by atoms with Gasteiger partial charge < -0.3 is 10.1 Å². The average molecular weight is 412 g/mol. The van der Waals surface area contributed by atoms with Gasteiger partial charge in [-0.05, 0) is 42.3 Å². The number of hydrogen-bond acceptors (Lipinski definition) is 5. The number of thiophene rings is 1. The van der Waals surface area contributed by atoms with E-state index in [-0.39, 0.29) is 11.7 Å². The van der Waals surface area contributed by atoms with Crippen molar-refractivity contribution in [3.8, 4) is 0 Å². The molecule has 0 radical (unpaired) electrons. The second-order valence-corrected chi connectivity index (χ2v) is 8.35. The first kappa shape index (κ1) is 20.8. The van der Waals surface area contributed by atoms with Crippen molar-refractivity contribution in [1.29, 1.82) is 0 Å². The van der Waals surface area contributed by atoms with E-state index in [1.54, 1.807) is 13.0 Å². The zero-order chi connectivity index (χ0) is 19.1. The van der Waals surface area contributed by atoms with E-state index in [0.717, 1.165) is 16.9 Å². The van der Waals surface area contributed by atoms with E-state index in [2.05, 4.69) is 19.2 Å². The molecule has 1 aromatic heterocycles. The number of thioether (sulfide) groups is 1. The van der Waals surface area contributed by atoms with Crippen LogP contribution in [0.3, 0.4) is 0 Å². The molecule has 1 amide bonds. The van der Waals surface area contributed by atoms with Gasteiger partial charge in [0.1, 0.15) is 5.00 Å². The molecule has 0 fully saturated rings. The summed E-state index contributed by atoms with van der Waals surface area (Å²) >= 11 is 8.83. The highest BCUT2D eigenvalue weighted by molar-refractivity contribution is 8.00. The minimum absolute atomic E-state index is 0.182. The maximum absolute atomic E-state index is 12.3. The third-order valence-electron chi connectivity index (χ3n) is 3.42. The first-order valence-electron chi connectivity index (χ1n) is 8.37. The molecule has 0 spiro atoms. The van der Waals surface area contributed by atoms with Gasteiger partial charge in [-0.15, -0.1) is 23.1 Å². The van der Waals surface area contributed by atoms with Crippen LogP contribution in [0.4, 0.5) is 5.00 Å². The Morgan fingerprint density at radius 2 is 2.04 bits per heavy atom. The fourth-order valence-electron chi connectivity index (χ4n) is 2.37. The van der Waals surface area contributed by atoms with Crippen LogP contribution in [-0.4, -0.2) is 24.2 Å². The van der Waals surface area contributed by atoms with E-state index in [4.69, 9.17) is 16.3 Å². The minimum atomic E-state index is -0.390. The standard InChI is InChI=1S/C19H22ClNO3S2/c1-4-24-19(23)17-13(9-12(2)3)10-26-18(17)21-16(22)11-25-15-8-6-5-7-14(15)20/h5-8,10,12H,4,9,11H2,1-3H3,(H,21,22). The van der Waals surface area contributed by atoms with E-state index in [9.17, 15) is 9.59 Å². The summed E-state index contributed by atoms with van der Waals surface area (Å²) in [5.41, 5.74) is 1.39. The lowest BCUT2D eigenvalue weighted by Gasteiger charge is -2.10. The molecule has 2 rings (SSSR count). The predicted octanol–water partition coefficient (Wildman–Crippen LogP) is 5.51. The zero-order valence-corrected chi connectivity index (χ0v) is 17.4. The van der Waals surface area contributed by atoms with Crippen molar-refractivity contribution in [1.82, 2.24) is 0 Å². The van der Waals surface area contributed by atoms with Gasteiger partial charge in [0.05, 0.1) is 22.9 Å². The summed E-state index contributed by atoms with van der Waals surface area (Å²) in [7, 11) is 0. The van der Waals surface area contributed by atoms with E-state index < -0.39 is 5.97 Å². The second kappa shape index (κ2) is 10.00. The van der Waals surface area contributed by atoms with Gasteiger partial charge in [0.25, 0.3) is 0 Å². The summed E-state index contributed by atoms with van der Waals surface area (Å²) in [6, 6.07) is 7.39. The van der Waals surface area contributed by atoms with Crippen LogP contribution in [0, 0.1) is 5.92 Å². The van der Waals surface area contributed by atoms with Crippen molar-refractivity contribution < 1.29 is 14.3 Å². The lowest BCUT2D eigenvalue weighted by molar-refractivity contribution is -0.113. The lowest BCUT2D eigenvalue weighted by atomic mass is 10.0. The molecule has 0 unspecified atom stereocenters. The third kappa shape index (κ3) is 5.76. The average Bonchev–Trinajstić information content (AvgIpc) is 2.96. The SMILES string of the molecule is CCOC(=O)c1c(CC(C)C)csc1NC(=O)CSc1ccccc1Cl. The summed E-state index contributed by atoms with van der Waals surface area (Å²) < 4.78 is 5.17. The number of esters is 1. The number of hydrogen-bond donors (Lipinski definition) is 1. The molecule has 1 heterocycles.